The molecule has 3 aromatic carbocycles. The van der Waals surface area contributed by atoms with E-state index in [0.29, 0.717) is 13.1 Å². The van der Waals surface area contributed by atoms with Gasteiger partial charge in [-0.15, -0.1) is 0 Å². The van der Waals surface area contributed by atoms with E-state index >= 15 is 0 Å². The zero-order valence-electron chi connectivity index (χ0n) is 22.0. The van der Waals surface area contributed by atoms with Crippen LogP contribution in [0.1, 0.15) is 69.4 Å². The minimum Gasteiger partial charge on any atom is -0.478 e. The van der Waals surface area contributed by atoms with Crippen molar-refractivity contribution in [1.29, 1.82) is 0 Å². The molecule has 3 nitrogen and oxygen atoms in total. The zero-order chi connectivity index (χ0) is 27.5. The van der Waals surface area contributed by atoms with Crippen LogP contribution in [0.15, 0.2) is 66.2 Å². The molecule has 0 amide bonds. The van der Waals surface area contributed by atoms with Gasteiger partial charge in [-0.1, -0.05) is 48.0 Å². The second kappa shape index (κ2) is 11.6. The lowest BCUT2D eigenvalue weighted by Crippen LogP contribution is -2.22. The molecule has 6 heteroatoms. The number of nitrogens with zero attached hydrogens (tertiary/aromatic N) is 1. The number of carboxylic acids is 1. The summed E-state index contributed by atoms with van der Waals surface area (Å²) in [4.78, 5) is 13.7. The SMILES string of the molecule is Cc1cc(F)ccc1C1=C(c2ccc(/C=C3/CCN(CCC(F)F)C3)cc2)c2ccc(C(=O)O)cc2CCC1. The first-order chi connectivity index (χ1) is 18.8. The van der Waals surface area contributed by atoms with Gasteiger partial charge in [0.2, 0.25) is 6.43 Å². The number of allylic oxidation sites excluding steroid dienone is 1. The molecule has 1 N–H and O–H groups in total. The lowest BCUT2D eigenvalue weighted by molar-refractivity contribution is 0.0696. The fourth-order valence-corrected chi connectivity index (χ4v) is 5.80. The van der Waals surface area contributed by atoms with Crippen molar-refractivity contribution in [3.63, 3.8) is 0 Å². The monoisotopic (exact) mass is 531 g/mol. The Morgan fingerprint density at radius 1 is 1.00 bits per heavy atom. The molecule has 5 rings (SSSR count). The van der Waals surface area contributed by atoms with Crippen molar-refractivity contribution in [3.05, 3.63) is 111 Å². The van der Waals surface area contributed by atoms with Crippen LogP contribution in [0.5, 0.6) is 0 Å². The van der Waals surface area contributed by atoms with Crippen LogP contribution in [0.3, 0.4) is 0 Å². The van der Waals surface area contributed by atoms with Gasteiger partial charge in [-0.2, -0.15) is 0 Å². The Kier molecular flexibility index (Phi) is 8.03. The first kappa shape index (κ1) is 26.9. The van der Waals surface area contributed by atoms with E-state index in [4.69, 9.17) is 0 Å². The standard InChI is InChI=1S/C33H32F3NO2/c1-21-17-27(34)10-12-28(21)30-4-2-3-25-19-26(33(38)39)9-11-29(25)32(30)24-7-5-22(6-8-24)18-23-13-15-37(20-23)16-14-31(35)36/h5-12,17-19,31H,2-4,13-16,20H2,1H3,(H,38,39)/b23-18-. The molecule has 0 aromatic heterocycles. The largest absolute Gasteiger partial charge is 0.478 e. The summed E-state index contributed by atoms with van der Waals surface area (Å²) < 4.78 is 39.1. The summed E-state index contributed by atoms with van der Waals surface area (Å²) >= 11 is 0. The Morgan fingerprint density at radius 2 is 1.77 bits per heavy atom. The molecule has 3 aromatic rings. The average Bonchev–Trinajstić information content (AvgIpc) is 3.26. The van der Waals surface area contributed by atoms with Crippen LogP contribution in [-0.2, 0) is 6.42 Å². The molecule has 1 aliphatic carbocycles. The van der Waals surface area contributed by atoms with Gasteiger partial charge >= 0.3 is 5.97 Å². The van der Waals surface area contributed by atoms with Crippen molar-refractivity contribution in [1.82, 2.24) is 4.90 Å². The summed E-state index contributed by atoms with van der Waals surface area (Å²) in [7, 11) is 0. The number of rotatable bonds is 7. The van der Waals surface area contributed by atoms with E-state index in [0.717, 1.165) is 76.8 Å². The maximum atomic E-state index is 14.0. The first-order valence-electron chi connectivity index (χ1n) is 13.4. The highest BCUT2D eigenvalue weighted by Gasteiger charge is 2.23. The van der Waals surface area contributed by atoms with Crippen LogP contribution in [0.25, 0.3) is 17.2 Å². The van der Waals surface area contributed by atoms with Crippen molar-refractivity contribution >= 4 is 23.2 Å². The van der Waals surface area contributed by atoms with Crippen LogP contribution in [-0.4, -0.2) is 42.0 Å². The van der Waals surface area contributed by atoms with Crippen LogP contribution in [0.4, 0.5) is 13.2 Å². The van der Waals surface area contributed by atoms with Crippen molar-refractivity contribution in [2.45, 2.75) is 45.5 Å². The van der Waals surface area contributed by atoms with Crippen LogP contribution in [0, 0.1) is 12.7 Å². The molecule has 1 aliphatic heterocycles. The number of halogens is 3. The molecular formula is C33H32F3NO2. The highest BCUT2D eigenvalue weighted by Crippen LogP contribution is 2.41. The minimum absolute atomic E-state index is 0.0949. The minimum atomic E-state index is -2.27. The third-order valence-corrected chi connectivity index (χ3v) is 7.72. The zero-order valence-corrected chi connectivity index (χ0v) is 22.0. The van der Waals surface area contributed by atoms with Crippen LogP contribution >= 0.6 is 0 Å². The van der Waals surface area contributed by atoms with Crippen LogP contribution < -0.4 is 0 Å². The van der Waals surface area contributed by atoms with Gasteiger partial charge in [0, 0.05) is 26.1 Å². The van der Waals surface area contributed by atoms with Crippen LogP contribution in [0.2, 0.25) is 0 Å². The third-order valence-electron chi connectivity index (χ3n) is 7.72. The lowest BCUT2D eigenvalue weighted by atomic mass is 9.86. The van der Waals surface area contributed by atoms with Crippen molar-refractivity contribution in [2.75, 3.05) is 19.6 Å². The summed E-state index contributed by atoms with van der Waals surface area (Å²) in [6, 6.07) is 18.5. The maximum absolute atomic E-state index is 14.0. The maximum Gasteiger partial charge on any atom is 0.335 e. The molecular weight excluding hydrogens is 499 g/mol. The molecule has 0 saturated carbocycles. The summed E-state index contributed by atoms with van der Waals surface area (Å²) in [6.45, 7) is 3.85. The Bertz CT molecular complexity index is 1440. The molecule has 0 spiro atoms. The molecule has 39 heavy (non-hydrogen) atoms. The fourth-order valence-electron chi connectivity index (χ4n) is 5.80. The quantitative estimate of drug-likeness (QED) is 0.337. The van der Waals surface area contributed by atoms with E-state index in [1.807, 2.05) is 19.1 Å². The van der Waals surface area contributed by atoms with E-state index in [9.17, 15) is 23.1 Å². The van der Waals surface area contributed by atoms with Gasteiger partial charge in [0.15, 0.2) is 0 Å². The molecule has 202 valence electrons. The first-order valence-corrected chi connectivity index (χ1v) is 13.4. The Morgan fingerprint density at radius 3 is 2.49 bits per heavy atom. The van der Waals surface area contributed by atoms with E-state index < -0.39 is 12.4 Å². The number of aromatic carboxylic acids is 1. The van der Waals surface area contributed by atoms with Gasteiger partial charge in [0.1, 0.15) is 5.82 Å². The molecule has 0 unspecified atom stereocenters. The van der Waals surface area contributed by atoms with Crippen molar-refractivity contribution in [3.8, 4) is 0 Å². The Hall–Kier alpha value is -3.64. The topological polar surface area (TPSA) is 40.5 Å². The van der Waals surface area contributed by atoms with Gasteiger partial charge in [0.05, 0.1) is 5.56 Å². The summed E-state index contributed by atoms with van der Waals surface area (Å²) in [6.07, 6.45) is 3.07. The molecule has 0 bridgehead atoms. The smallest absolute Gasteiger partial charge is 0.335 e. The van der Waals surface area contributed by atoms with Gasteiger partial charge in [-0.05, 0) is 101 Å². The van der Waals surface area contributed by atoms with Gasteiger partial charge in [-0.3, -0.25) is 4.90 Å². The van der Waals surface area contributed by atoms with E-state index in [1.165, 1.54) is 11.6 Å². The second-order valence-electron chi connectivity index (χ2n) is 10.5. The Labute approximate surface area is 227 Å². The number of carbonyl (C=O) groups is 1. The number of hydrogen-bond acceptors (Lipinski definition) is 2. The Balaban J connectivity index is 1.53. The highest BCUT2D eigenvalue weighted by molar-refractivity contribution is 6.01. The summed E-state index contributed by atoms with van der Waals surface area (Å²) in [5.41, 5.74) is 9.64. The molecule has 0 atom stereocenters. The predicted octanol–water partition coefficient (Wildman–Crippen LogP) is 7.87. The van der Waals surface area contributed by atoms with Gasteiger partial charge < -0.3 is 5.11 Å². The number of aryl methyl sites for hydroxylation is 2. The number of hydrogen-bond donors (Lipinski definition) is 1. The summed E-state index contributed by atoms with van der Waals surface area (Å²) in [5, 5.41) is 9.56. The number of carboxylic acid groups (broad SMARTS) is 1. The molecule has 1 fully saturated rings. The second-order valence-corrected chi connectivity index (χ2v) is 10.5. The predicted molar refractivity (Wildman–Crippen MR) is 149 cm³/mol. The number of likely N-dealkylation sites (tertiary alicyclic amines) is 1. The lowest BCUT2D eigenvalue weighted by Gasteiger charge is -2.18. The normalized spacial score (nSPS) is 17.1. The van der Waals surface area contributed by atoms with E-state index in [1.54, 1.807) is 18.2 Å². The van der Waals surface area contributed by atoms with Gasteiger partial charge in [0.25, 0.3) is 0 Å². The van der Waals surface area contributed by atoms with Gasteiger partial charge in [-0.25, -0.2) is 18.0 Å². The average molecular weight is 532 g/mol. The highest BCUT2D eigenvalue weighted by atomic mass is 19.3. The van der Waals surface area contributed by atoms with Crippen molar-refractivity contribution in [2.24, 2.45) is 0 Å². The molecule has 0 radical (unpaired) electrons. The number of fused-ring (bicyclic) bond motifs is 1. The molecule has 1 heterocycles. The van der Waals surface area contributed by atoms with E-state index in [2.05, 4.69) is 35.2 Å². The molecule has 2 aliphatic rings. The van der Waals surface area contributed by atoms with Crippen molar-refractivity contribution < 1.29 is 23.1 Å². The van der Waals surface area contributed by atoms with E-state index in [-0.39, 0.29) is 17.8 Å². The molecule has 1 saturated heterocycles. The fraction of sp³-hybridized carbons (Fsp3) is 0.303. The summed E-state index contributed by atoms with van der Waals surface area (Å²) in [5.74, 6) is -1.21. The third kappa shape index (κ3) is 6.17. The number of benzene rings is 3. The number of alkyl halides is 2.